The molecule has 136 valence electrons. The Balaban J connectivity index is 1.32. The summed E-state index contributed by atoms with van der Waals surface area (Å²) in [7, 11) is 1.88. The van der Waals surface area contributed by atoms with Crippen molar-refractivity contribution in [2.45, 2.75) is 31.8 Å². The Kier molecular flexibility index (Phi) is 4.61. The van der Waals surface area contributed by atoms with Crippen LogP contribution in [0.25, 0.3) is 5.69 Å². The summed E-state index contributed by atoms with van der Waals surface area (Å²) >= 11 is 0. The van der Waals surface area contributed by atoms with Gasteiger partial charge in [-0.2, -0.15) is 5.10 Å². The van der Waals surface area contributed by atoms with E-state index in [4.69, 9.17) is 0 Å². The summed E-state index contributed by atoms with van der Waals surface area (Å²) in [5.41, 5.74) is 2.29. The number of anilines is 1. The maximum Gasteiger partial charge on any atom is 0.245 e. The van der Waals surface area contributed by atoms with Crippen molar-refractivity contribution >= 4 is 5.95 Å². The zero-order valence-electron chi connectivity index (χ0n) is 15.0. The number of tetrazole rings is 1. The van der Waals surface area contributed by atoms with Crippen LogP contribution in [0.5, 0.6) is 0 Å². The minimum Gasteiger partial charge on any atom is -0.340 e. The van der Waals surface area contributed by atoms with Gasteiger partial charge in [0.15, 0.2) is 0 Å². The predicted octanol–water partition coefficient (Wildman–Crippen LogP) is 1.11. The largest absolute Gasteiger partial charge is 0.340 e. The molecule has 1 N–H and O–H groups in total. The van der Waals surface area contributed by atoms with E-state index in [-0.39, 0.29) is 0 Å². The van der Waals surface area contributed by atoms with Gasteiger partial charge in [-0.15, -0.1) is 0 Å². The van der Waals surface area contributed by atoms with Crippen LogP contribution >= 0.6 is 0 Å². The van der Waals surface area contributed by atoms with Crippen LogP contribution in [0.2, 0.25) is 0 Å². The van der Waals surface area contributed by atoms with Crippen molar-refractivity contribution < 1.29 is 0 Å². The second-order valence-electron chi connectivity index (χ2n) is 6.68. The molecule has 0 spiro atoms. The highest BCUT2D eigenvalue weighted by atomic mass is 15.6. The molecule has 1 atom stereocenters. The monoisotopic (exact) mass is 353 g/mol. The molecule has 0 bridgehead atoms. The first-order valence-corrected chi connectivity index (χ1v) is 8.89. The van der Waals surface area contributed by atoms with Crippen LogP contribution in [-0.2, 0) is 7.05 Å². The Labute approximate surface area is 152 Å². The fourth-order valence-corrected chi connectivity index (χ4v) is 3.45. The summed E-state index contributed by atoms with van der Waals surface area (Å²) in [6.45, 7) is 4.14. The van der Waals surface area contributed by atoms with Crippen molar-refractivity contribution in [3.05, 3.63) is 42.5 Å². The number of nitrogens with zero attached hydrogens (tertiary/aromatic N) is 8. The fourth-order valence-electron chi connectivity index (χ4n) is 3.45. The molecule has 1 aliphatic rings. The van der Waals surface area contributed by atoms with Gasteiger partial charge in [0.1, 0.15) is 12.7 Å². The second-order valence-corrected chi connectivity index (χ2v) is 6.68. The lowest BCUT2D eigenvalue weighted by Gasteiger charge is -2.34. The summed E-state index contributed by atoms with van der Waals surface area (Å²) in [5.74, 6) is 0.847. The molecule has 26 heavy (non-hydrogen) atoms. The van der Waals surface area contributed by atoms with Gasteiger partial charge >= 0.3 is 0 Å². The van der Waals surface area contributed by atoms with Crippen LogP contribution in [0.1, 0.15) is 31.4 Å². The minimum atomic E-state index is 0.299. The number of aromatic nitrogens is 7. The van der Waals surface area contributed by atoms with E-state index in [9.17, 15) is 0 Å². The molecule has 1 aromatic carbocycles. The minimum absolute atomic E-state index is 0.299. The van der Waals surface area contributed by atoms with Gasteiger partial charge in [0, 0.05) is 32.2 Å². The summed E-state index contributed by atoms with van der Waals surface area (Å²) in [6, 6.07) is 9.24. The Morgan fingerprint density at radius 2 is 1.92 bits per heavy atom. The molecule has 3 aromatic rings. The molecule has 2 aromatic heterocycles. The summed E-state index contributed by atoms with van der Waals surface area (Å²) in [6.07, 6.45) is 5.40. The van der Waals surface area contributed by atoms with Crippen LogP contribution in [0.4, 0.5) is 5.95 Å². The average molecular weight is 353 g/mol. The zero-order valence-corrected chi connectivity index (χ0v) is 15.0. The van der Waals surface area contributed by atoms with Crippen LogP contribution in [0.3, 0.4) is 0 Å². The van der Waals surface area contributed by atoms with E-state index in [0.717, 1.165) is 37.6 Å². The molecule has 1 fully saturated rings. The molecule has 9 heteroatoms. The van der Waals surface area contributed by atoms with Gasteiger partial charge < -0.3 is 10.2 Å². The maximum absolute atomic E-state index is 4.16. The van der Waals surface area contributed by atoms with E-state index in [0.29, 0.717) is 12.1 Å². The smallest absolute Gasteiger partial charge is 0.245 e. The Bertz CT molecular complexity index is 816. The van der Waals surface area contributed by atoms with Crippen LogP contribution in [-0.4, -0.2) is 54.1 Å². The molecule has 0 saturated carbocycles. The van der Waals surface area contributed by atoms with E-state index in [1.54, 1.807) is 22.0 Å². The van der Waals surface area contributed by atoms with Gasteiger partial charge in [-0.1, -0.05) is 17.2 Å². The lowest BCUT2D eigenvalue weighted by atomic mass is 10.0. The van der Waals surface area contributed by atoms with Crippen molar-refractivity contribution in [1.82, 2.24) is 40.3 Å². The molecule has 0 aliphatic carbocycles. The standard InChI is InChI=1S/C17H23N9/c1-13(14-3-5-16(6-4-14)26-12-18-11-19-26)20-15-7-9-25(10-8-15)17-21-22-23-24(17)2/h3-6,11-13,15,20H,7-10H2,1-2H3. The van der Waals surface area contributed by atoms with E-state index in [1.807, 2.05) is 7.05 Å². The molecule has 4 rings (SSSR count). The Morgan fingerprint density at radius 3 is 2.54 bits per heavy atom. The van der Waals surface area contributed by atoms with Gasteiger partial charge in [0.25, 0.3) is 0 Å². The third-order valence-electron chi connectivity index (χ3n) is 4.94. The number of aryl methyl sites for hydroxylation is 1. The lowest BCUT2D eigenvalue weighted by molar-refractivity contribution is 0.377. The van der Waals surface area contributed by atoms with Crippen molar-refractivity contribution in [2.24, 2.45) is 7.05 Å². The first-order chi connectivity index (χ1) is 12.7. The Hall–Kier alpha value is -2.81. The average Bonchev–Trinajstić information content (AvgIpc) is 3.34. The van der Waals surface area contributed by atoms with Crippen LogP contribution in [0, 0.1) is 0 Å². The van der Waals surface area contributed by atoms with Crippen molar-refractivity contribution in [3.63, 3.8) is 0 Å². The molecule has 9 nitrogen and oxygen atoms in total. The SMILES string of the molecule is CC(NC1CCN(c2nnnn2C)CC1)c1ccc(-n2cncn2)cc1. The summed E-state index contributed by atoms with van der Waals surface area (Å²) in [4.78, 5) is 6.23. The molecule has 1 saturated heterocycles. The molecule has 0 amide bonds. The van der Waals surface area contributed by atoms with Gasteiger partial charge in [-0.3, -0.25) is 0 Å². The number of piperidine rings is 1. The van der Waals surface area contributed by atoms with Crippen molar-refractivity contribution in [1.29, 1.82) is 0 Å². The third-order valence-corrected chi connectivity index (χ3v) is 4.94. The number of hydrogen-bond acceptors (Lipinski definition) is 7. The Morgan fingerprint density at radius 1 is 1.15 bits per heavy atom. The van der Waals surface area contributed by atoms with E-state index < -0.39 is 0 Å². The zero-order chi connectivity index (χ0) is 17.9. The molecule has 0 radical (unpaired) electrons. The molecule has 1 aliphatic heterocycles. The first kappa shape index (κ1) is 16.6. The fraction of sp³-hybridized carbons (Fsp3) is 0.471. The topological polar surface area (TPSA) is 89.6 Å². The summed E-state index contributed by atoms with van der Waals surface area (Å²) in [5, 5.41) is 19.6. The highest BCUT2D eigenvalue weighted by Crippen LogP contribution is 2.20. The van der Waals surface area contributed by atoms with Gasteiger partial charge in [0.05, 0.1) is 5.69 Å². The third kappa shape index (κ3) is 3.43. The van der Waals surface area contributed by atoms with Crippen LogP contribution < -0.4 is 10.2 Å². The van der Waals surface area contributed by atoms with Gasteiger partial charge in [-0.25, -0.2) is 14.3 Å². The van der Waals surface area contributed by atoms with Gasteiger partial charge in [0.2, 0.25) is 5.95 Å². The number of rotatable bonds is 5. The highest BCUT2D eigenvalue weighted by Gasteiger charge is 2.23. The van der Waals surface area contributed by atoms with E-state index in [1.165, 1.54) is 5.56 Å². The summed E-state index contributed by atoms with van der Waals surface area (Å²) < 4.78 is 3.49. The van der Waals surface area contributed by atoms with Crippen molar-refractivity contribution in [2.75, 3.05) is 18.0 Å². The van der Waals surface area contributed by atoms with Crippen molar-refractivity contribution in [3.8, 4) is 5.69 Å². The number of benzene rings is 1. The number of hydrogen-bond donors (Lipinski definition) is 1. The molecule has 3 heterocycles. The predicted molar refractivity (Wildman–Crippen MR) is 96.9 cm³/mol. The molecule has 1 unspecified atom stereocenters. The molecular formula is C17H23N9. The number of nitrogens with one attached hydrogen (secondary N) is 1. The second kappa shape index (κ2) is 7.20. The van der Waals surface area contributed by atoms with Gasteiger partial charge in [-0.05, 0) is 47.9 Å². The quantitative estimate of drug-likeness (QED) is 0.735. The van der Waals surface area contributed by atoms with E-state index >= 15 is 0 Å². The van der Waals surface area contributed by atoms with Crippen LogP contribution in [0.15, 0.2) is 36.9 Å². The normalized spacial score (nSPS) is 16.8. The van der Waals surface area contributed by atoms with E-state index in [2.05, 4.69) is 67.0 Å². The lowest BCUT2D eigenvalue weighted by Crippen LogP contribution is -2.44. The highest BCUT2D eigenvalue weighted by molar-refractivity contribution is 5.34. The first-order valence-electron chi connectivity index (χ1n) is 8.89. The molecular weight excluding hydrogens is 330 g/mol. The maximum atomic E-state index is 4.16.